The molecular weight excluding hydrogens is 350 g/mol. The van der Waals surface area contributed by atoms with Gasteiger partial charge in [-0.3, -0.25) is 4.79 Å². The van der Waals surface area contributed by atoms with E-state index in [4.69, 9.17) is 19.3 Å². The van der Waals surface area contributed by atoms with Crippen LogP contribution in [0.15, 0.2) is 36.4 Å². The summed E-state index contributed by atoms with van der Waals surface area (Å²) in [6.07, 6.45) is 0. The van der Waals surface area contributed by atoms with Crippen molar-refractivity contribution in [1.82, 2.24) is 0 Å². The van der Waals surface area contributed by atoms with E-state index in [2.05, 4.69) is 5.32 Å². The first-order valence-corrected chi connectivity index (χ1v) is 8.46. The summed E-state index contributed by atoms with van der Waals surface area (Å²) < 4.78 is 16.2. The molecule has 142 valence electrons. The fraction of sp³-hybridized carbons (Fsp3) is 0.300. The van der Waals surface area contributed by atoms with Crippen LogP contribution in [-0.4, -0.2) is 37.3 Å². The predicted molar refractivity (Wildman–Crippen MR) is 99.0 cm³/mol. The quantitative estimate of drug-likeness (QED) is 0.839. The molecule has 0 saturated carbocycles. The first-order chi connectivity index (χ1) is 12.8. The van der Waals surface area contributed by atoms with E-state index in [0.29, 0.717) is 30.4 Å². The molecule has 7 heteroatoms. The molecule has 0 spiro atoms. The number of rotatable bonds is 5. The van der Waals surface area contributed by atoms with Gasteiger partial charge in [0.15, 0.2) is 11.5 Å². The van der Waals surface area contributed by atoms with Crippen molar-refractivity contribution in [3.8, 4) is 17.2 Å². The van der Waals surface area contributed by atoms with E-state index in [0.717, 1.165) is 5.56 Å². The van der Waals surface area contributed by atoms with Crippen LogP contribution in [0.5, 0.6) is 17.2 Å². The lowest BCUT2D eigenvalue weighted by Gasteiger charge is -2.26. The molecule has 1 aliphatic heterocycles. The van der Waals surface area contributed by atoms with Gasteiger partial charge in [0.05, 0.1) is 12.5 Å². The smallest absolute Gasteiger partial charge is 0.339 e. The fourth-order valence-corrected chi connectivity index (χ4v) is 2.80. The Kier molecular flexibility index (Phi) is 4.94. The van der Waals surface area contributed by atoms with Crippen LogP contribution in [0.25, 0.3) is 0 Å². The molecule has 1 amide bonds. The first-order valence-electron chi connectivity index (χ1n) is 8.46. The Morgan fingerprint density at radius 3 is 2.44 bits per heavy atom. The molecule has 1 heterocycles. The van der Waals surface area contributed by atoms with Crippen molar-refractivity contribution in [1.29, 1.82) is 0 Å². The second-order valence-electron chi connectivity index (χ2n) is 6.66. The SMILES string of the molecule is COc1cc(NC(=O)C(C)(C)c2ccc3c(c2)OCCO3)ccc1C(=O)O. The number of methoxy groups -OCH3 is 1. The average Bonchev–Trinajstić information content (AvgIpc) is 2.67. The molecule has 2 N–H and O–H groups in total. The van der Waals surface area contributed by atoms with Gasteiger partial charge in [-0.2, -0.15) is 0 Å². The molecule has 0 radical (unpaired) electrons. The summed E-state index contributed by atoms with van der Waals surface area (Å²) in [6.45, 7) is 4.58. The minimum absolute atomic E-state index is 0.0293. The number of fused-ring (bicyclic) bond motifs is 1. The molecule has 2 aromatic rings. The average molecular weight is 371 g/mol. The Morgan fingerprint density at radius 2 is 1.78 bits per heavy atom. The molecule has 0 unspecified atom stereocenters. The van der Waals surface area contributed by atoms with E-state index in [9.17, 15) is 9.59 Å². The predicted octanol–water partition coefficient (Wildman–Crippen LogP) is 3.08. The first kappa shape index (κ1) is 18.6. The number of carboxylic acids is 1. The molecule has 7 nitrogen and oxygen atoms in total. The van der Waals surface area contributed by atoms with Gasteiger partial charge in [0, 0.05) is 11.8 Å². The number of benzene rings is 2. The van der Waals surface area contributed by atoms with E-state index in [1.54, 1.807) is 19.9 Å². The van der Waals surface area contributed by atoms with Gasteiger partial charge < -0.3 is 24.6 Å². The molecule has 0 aromatic heterocycles. The molecule has 0 saturated heterocycles. The number of hydrogen-bond donors (Lipinski definition) is 2. The Morgan fingerprint density at radius 1 is 1.07 bits per heavy atom. The third-order valence-electron chi connectivity index (χ3n) is 4.52. The minimum atomic E-state index is -1.10. The molecule has 27 heavy (non-hydrogen) atoms. The lowest BCUT2D eigenvalue weighted by atomic mass is 9.83. The van der Waals surface area contributed by atoms with Crippen LogP contribution in [0.2, 0.25) is 0 Å². The molecule has 1 aliphatic rings. The summed E-state index contributed by atoms with van der Waals surface area (Å²) in [7, 11) is 1.38. The summed E-state index contributed by atoms with van der Waals surface area (Å²) in [5.74, 6) is 0.116. The third-order valence-corrected chi connectivity index (χ3v) is 4.52. The summed E-state index contributed by atoms with van der Waals surface area (Å²) in [4.78, 5) is 24.1. The van der Waals surface area contributed by atoms with Crippen molar-refractivity contribution in [2.24, 2.45) is 0 Å². The van der Waals surface area contributed by atoms with Crippen molar-refractivity contribution in [3.05, 3.63) is 47.5 Å². The van der Waals surface area contributed by atoms with Crippen molar-refractivity contribution in [2.75, 3.05) is 25.6 Å². The number of anilines is 1. The molecular formula is C20H21NO6. The van der Waals surface area contributed by atoms with Crippen molar-refractivity contribution < 1.29 is 28.9 Å². The van der Waals surface area contributed by atoms with E-state index in [1.165, 1.54) is 25.3 Å². The van der Waals surface area contributed by atoms with Crippen LogP contribution in [-0.2, 0) is 10.2 Å². The Bertz CT molecular complexity index is 890. The van der Waals surface area contributed by atoms with Crippen molar-refractivity contribution in [2.45, 2.75) is 19.3 Å². The number of amides is 1. The van der Waals surface area contributed by atoms with E-state index in [-0.39, 0.29) is 17.2 Å². The van der Waals surface area contributed by atoms with Crippen LogP contribution in [0, 0.1) is 0 Å². The van der Waals surface area contributed by atoms with Crippen LogP contribution < -0.4 is 19.5 Å². The number of ether oxygens (including phenoxy) is 3. The maximum Gasteiger partial charge on any atom is 0.339 e. The van der Waals surface area contributed by atoms with Gasteiger partial charge in [-0.05, 0) is 43.7 Å². The zero-order chi connectivity index (χ0) is 19.6. The zero-order valence-electron chi connectivity index (χ0n) is 15.4. The topological polar surface area (TPSA) is 94.1 Å². The normalized spacial score (nSPS) is 13.0. The summed E-state index contributed by atoms with van der Waals surface area (Å²) in [5, 5.41) is 12.0. The lowest BCUT2D eigenvalue weighted by Crippen LogP contribution is -2.35. The minimum Gasteiger partial charge on any atom is -0.496 e. The molecule has 0 fully saturated rings. The Hall–Kier alpha value is -3.22. The lowest BCUT2D eigenvalue weighted by molar-refractivity contribution is -0.120. The third kappa shape index (κ3) is 3.67. The highest BCUT2D eigenvalue weighted by Gasteiger charge is 2.31. The second kappa shape index (κ2) is 7.19. The maximum absolute atomic E-state index is 12.9. The van der Waals surface area contributed by atoms with E-state index < -0.39 is 11.4 Å². The van der Waals surface area contributed by atoms with Gasteiger partial charge in [-0.25, -0.2) is 4.79 Å². The van der Waals surface area contributed by atoms with Gasteiger partial charge in [-0.15, -0.1) is 0 Å². The van der Waals surface area contributed by atoms with E-state index in [1.807, 2.05) is 12.1 Å². The summed E-state index contributed by atoms with van der Waals surface area (Å²) in [6, 6.07) is 9.85. The van der Waals surface area contributed by atoms with Crippen molar-refractivity contribution >= 4 is 17.6 Å². The molecule has 0 atom stereocenters. The monoisotopic (exact) mass is 371 g/mol. The summed E-state index contributed by atoms with van der Waals surface area (Å²) >= 11 is 0. The standard InChI is InChI=1S/C20H21NO6/c1-20(2,12-4-7-15-17(10-12)27-9-8-26-15)19(24)21-13-5-6-14(18(22)23)16(11-13)25-3/h4-7,10-11H,8-9H2,1-3H3,(H,21,24)(H,22,23). The van der Waals surface area contributed by atoms with Crippen LogP contribution >= 0.6 is 0 Å². The number of hydrogen-bond acceptors (Lipinski definition) is 5. The van der Waals surface area contributed by atoms with Crippen LogP contribution in [0.1, 0.15) is 29.8 Å². The maximum atomic E-state index is 12.9. The summed E-state index contributed by atoms with van der Waals surface area (Å²) in [5.41, 5.74) is 0.404. The number of nitrogens with one attached hydrogen (secondary N) is 1. The Balaban J connectivity index is 1.83. The highest BCUT2D eigenvalue weighted by atomic mass is 16.6. The highest BCUT2D eigenvalue weighted by Crippen LogP contribution is 2.36. The second-order valence-corrected chi connectivity index (χ2v) is 6.66. The van der Waals surface area contributed by atoms with Crippen LogP contribution in [0.4, 0.5) is 5.69 Å². The van der Waals surface area contributed by atoms with Gasteiger partial charge in [0.1, 0.15) is 24.5 Å². The number of carbonyl (C=O) groups excluding carboxylic acids is 1. The molecule has 0 bridgehead atoms. The largest absolute Gasteiger partial charge is 0.496 e. The van der Waals surface area contributed by atoms with E-state index >= 15 is 0 Å². The van der Waals surface area contributed by atoms with Gasteiger partial charge in [0.2, 0.25) is 5.91 Å². The fourth-order valence-electron chi connectivity index (χ4n) is 2.80. The van der Waals surface area contributed by atoms with Gasteiger partial charge >= 0.3 is 5.97 Å². The van der Waals surface area contributed by atoms with Gasteiger partial charge in [0.25, 0.3) is 0 Å². The molecule has 0 aliphatic carbocycles. The number of carbonyl (C=O) groups is 2. The van der Waals surface area contributed by atoms with Crippen LogP contribution in [0.3, 0.4) is 0 Å². The number of carboxylic acid groups (broad SMARTS) is 1. The Labute approximate surface area is 156 Å². The number of aromatic carboxylic acids is 1. The van der Waals surface area contributed by atoms with Gasteiger partial charge in [-0.1, -0.05) is 6.07 Å². The van der Waals surface area contributed by atoms with Crippen molar-refractivity contribution in [3.63, 3.8) is 0 Å². The zero-order valence-corrected chi connectivity index (χ0v) is 15.4. The molecule has 2 aromatic carbocycles. The molecule has 3 rings (SSSR count). The highest BCUT2D eigenvalue weighted by molar-refractivity contribution is 5.99.